The molecular formula is C16H21N3O5S3. The third-order valence-electron chi connectivity index (χ3n) is 4.34. The lowest BCUT2D eigenvalue weighted by Gasteiger charge is -2.32. The average Bonchev–Trinajstić information content (AvgIpc) is 2.98. The van der Waals surface area contributed by atoms with Crippen molar-refractivity contribution >= 4 is 36.4 Å². The smallest absolute Gasteiger partial charge is 0.262 e. The van der Waals surface area contributed by atoms with Gasteiger partial charge in [-0.1, -0.05) is 13.0 Å². The molecule has 27 heavy (non-hydrogen) atoms. The molecule has 1 aliphatic rings. The first kappa shape index (κ1) is 20.2. The first-order valence-electron chi connectivity index (χ1n) is 8.42. The molecule has 0 bridgehead atoms. The normalized spacial score (nSPS) is 20.3. The third kappa shape index (κ3) is 4.32. The molecule has 8 nitrogen and oxygen atoms in total. The molecule has 0 spiro atoms. The number of rotatable bonds is 7. The molecule has 1 fully saturated rings. The molecule has 1 saturated carbocycles. The minimum absolute atomic E-state index is 0.162. The van der Waals surface area contributed by atoms with Crippen LogP contribution in [-0.2, 0) is 26.5 Å². The fraction of sp³-hybridized carbons (Fsp3) is 0.438. The average molecular weight is 432 g/mol. The molecule has 3 N–H and O–H groups in total. The number of sulfonamides is 2. The van der Waals surface area contributed by atoms with Gasteiger partial charge in [-0.2, -0.15) is 0 Å². The Labute approximate surface area is 162 Å². The fourth-order valence-electron chi connectivity index (χ4n) is 2.57. The Bertz CT molecular complexity index is 1050. The molecule has 2 aromatic rings. The molecule has 0 unspecified atom stereocenters. The number of aryl methyl sites for hydroxylation is 2. The Hall–Kier alpha value is -1.53. The lowest BCUT2D eigenvalue weighted by Crippen LogP contribution is -2.50. The van der Waals surface area contributed by atoms with Gasteiger partial charge in [0.15, 0.2) is 0 Å². The molecule has 2 atom stereocenters. The van der Waals surface area contributed by atoms with E-state index in [-0.39, 0.29) is 9.79 Å². The van der Waals surface area contributed by atoms with Crippen molar-refractivity contribution in [2.45, 2.75) is 55.0 Å². The summed E-state index contributed by atoms with van der Waals surface area (Å²) in [7, 11) is -7.89. The SMILES string of the molecule is CCc1nc(C)c(NS(=O)(=O)c2cccc(S(=O)(=O)N[C@@H]3CC[C@H]3O)c2)s1. The van der Waals surface area contributed by atoms with Crippen LogP contribution in [0, 0.1) is 6.92 Å². The van der Waals surface area contributed by atoms with E-state index in [0.717, 1.165) is 11.1 Å². The second-order valence-corrected chi connectivity index (χ2v) is 10.8. The number of thiazole rings is 1. The van der Waals surface area contributed by atoms with Crippen LogP contribution in [0.15, 0.2) is 34.1 Å². The van der Waals surface area contributed by atoms with E-state index in [4.69, 9.17) is 0 Å². The van der Waals surface area contributed by atoms with Crippen molar-refractivity contribution < 1.29 is 21.9 Å². The van der Waals surface area contributed by atoms with Gasteiger partial charge in [0.2, 0.25) is 10.0 Å². The van der Waals surface area contributed by atoms with Gasteiger partial charge >= 0.3 is 0 Å². The topological polar surface area (TPSA) is 125 Å². The molecule has 1 heterocycles. The summed E-state index contributed by atoms with van der Waals surface area (Å²) in [4.78, 5) is 3.95. The minimum atomic E-state index is -3.97. The summed E-state index contributed by atoms with van der Waals surface area (Å²) >= 11 is 1.25. The predicted octanol–water partition coefficient (Wildman–Crippen LogP) is 1.62. The Morgan fingerprint density at radius 3 is 2.37 bits per heavy atom. The first-order chi connectivity index (χ1) is 12.6. The minimum Gasteiger partial charge on any atom is -0.391 e. The Morgan fingerprint density at radius 2 is 1.85 bits per heavy atom. The van der Waals surface area contributed by atoms with Gasteiger partial charge in [-0.25, -0.2) is 26.5 Å². The van der Waals surface area contributed by atoms with E-state index >= 15 is 0 Å². The molecule has 148 valence electrons. The summed E-state index contributed by atoms with van der Waals surface area (Å²) in [6.07, 6.45) is 1.07. The summed E-state index contributed by atoms with van der Waals surface area (Å²) < 4.78 is 55.2. The molecule has 1 aromatic heterocycles. The maximum atomic E-state index is 12.7. The number of aliphatic hydroxyl groups excluding tert-OH is 1. The number of hydrogen-bond acceptors (Lipinski definition) is 7. The van der Waals surface area contributed by atoms with E-state index < -0.39 is 32.2 Å². The molecule has 0 amide bonds. The molecule has 0 saturated heterocycles. The highest BCUT2D eigenvalue weighted by Gasteiger charge is 2.33. The number of nitrogens with one attached hydrogen (secondary N) is 2. The Morgan fingerprint density at radius 1 is 1.19 bits per heavy atom. The highest BCUT2D eigenvalue weighted by molar-refractivity contribution is 7.93. The van der Waals surface area contributed by atoms with Gasteiger partial charge in [0.1, 0.15) is 5.00 Å². The number of nitrogens with zero attached hydrogens (tertiary/aromatic N) is 1. The highest BCUT2D eigenvalue weighted by atomic mass is 32.2. The molecule has 3 rings (SSSR count). The summed E-state index contributed by atoms with van der Waals surface area (Å²) in [6, 6.07) is 4.58. The van der Waals surface area contributed by atoms with Crippen LogP contribution in [0.1, 0.15) is 30.5 Å². The van der Waals surface area contributed by atoms with Crippen molar-refractivity contribution in [3.63, 3.8) is 0 Å². The summed E-state index contributed by atoms with van der Waals surface area (Å²) in [5.74, 6) is 0. The van der Waals surface area contributed by atoms with Crippen LogP contribution in [0.4, 0.5) is 5.00 Å². The molecular weight excluding hydrogens is 410 g/mol. The van der Waals surface area contributed by atoms with E-state index in [0.29, 0.717) is 30.0 Å². The van der Waals surface area contributed by atoms with E-state index in [1.165, 1.54) is 29.5 Å². The van der Waals surface area contributed by atoms with E-state index in [2.05, 4.69) is 14.4 Å². The van der Waals surface area contributed by atoms with Crippen LogP contribution >= 0.6 is 11.3 Å². The zero-order chi connectivity index (χ0) is 19.8. The monoisotopic (exact) mass is 431 g/mol. The lowest BCUT2D eigenvalue weighted by molar-refractivity contribution is 0.0612. The standard InChI is InChI=1S/C16H21N3O5S3/c1-3-15-17-10(2)16(25-15)19-27(23,24)12-6-4-5-11(9-12)26(21,22)18-13-7-8-14(13)20/h4-6,9,13-14,18-20H,3,7-8H2,1-2H3/t13-,14-/m1/s1. The van der Waals surface area contributed by atoms with Crippen LogP contribution in [-0.4, -0.2) is 39.1 Å². The van der Waals surface area contributed by atoms with Gasteiger partial charge in [0.05, 0.1) is 26.6 Å². The second-order valence-electron chi connectivity index (χ2n) is 6.33. The fourth-order valence-corrected chi connectivity index (χ4v) is 6.30. The largest absolute Gasteiger partial charge is 0.391 e. The van der Waals surface area contributed by atoms with Gasteiger partial charge < -0.3 is 5.11 Å². The third-order valence-corrected chi connectivity index (χ3v) is 8.52. The van der Waals surface area contributed by atoms with Crippen molar-refractivity contribution in [2.24, 2.45) is 0 Å². The number of anilines is 1. The Balaban J connectivity index is 1.86. The summed E-state index contributed by atoms with van der Waals surface area (Å²) in [5.41, 5.74) is 0.574. The Kier molecular flexibility index (Phi) is 5.59. The lowest BCUT2D eigenvalue weighted by atomic mass is 9.90. The predicted molar refractivity (Wildman–Crippen MR) is 103 cm³/mol. The van der Waals surface area contributed by atoms with E-state index in [1.807, 2.05) is 6.92 Å². The van der Waals surface area contributed by atoms with Crippen molar-refractivity contribution in [1.29, 1.82) is 0 Å². The second kappa shape index (κ2) is 7.47. The summed E-state index contributed by atoms with van der Waals surface area (Å²) in [5, 5.41) is 10.8. The van der Waals surface area contributed by atoms with Crippen LogP contribution in [0.2, 0.25) is 0 Å². The molecule has 1 aliphatic carbocycles. The molecule has 0 aliphatic heterocycles. The van der Waals surface area contributed by atoms with Crippen LogP contribution < -0.4 is 9.44 Å². The number of aliphatic hydroxyl groups is 1. The maximum absolute atomic E-state index is 12.7. The van der Waals surface area contributed by atoms with Crippen molar-refractivity contribution in [1.82, 2.24) is 9.71 Å². The van der Waals surface area contributed by atoms with Crippen molar-refractivity contribution in [3.8, 4) is 0 Å². The zero-order valence-corrected chi connectivity index (χ0v) is 17.3. The van der Waals surface area contributed by atoms with Gasteiger partial charge in [-0.3, -0.25) is 4.72 Å². The van der Waals surface area contributed by atoms with E-state index in [9.17, 15) is 21.9 Å². The van der Waals surface area contributed by atoms with E-state index in [1.54, 1.807) is 6.92 Å². The van der Waals surface area contributed by atoms with Gasteiger partial charge in [0, 0.05) is 6.04 Å². The molecule has 11 heteroatoms. The van der Waals surface area contributed by atoms with Crippen LogP contribution in [0.25, 0.3) is 0 Å². The highest BCUT2D eigenvalue weighted by Crippen LogP contribution is 2.28. The van der Waals surface area contributed by atoms with Gasteiger partial charge in [0.25, 0.3) is 10.0 Å². The molecule has 0 radical (unpaired) electrons. The maximum Gasteiger partial charge on any atom is 0.262 e. The quantitative estimate of drug-likeness (QED) is 0.612. The number of aromatic nitrogens is 1. The van der Waals surface area contributed by atoms with Crippen LogP contribution in [0.5, 0.6) is 0 Å². The first-order valence-corrected chi connectivity index (χ1v) is 12.2. The van der Waals surface area contributed by atoms with Crippen molar-refractivity contribution in [2.75, 3.05) is 4.72 Å². The van der Waals surface area contributed by atoms with Gasteiger partial charge in [-0.05, 0) is 44.4 Å². The summed E-state index contributed by atoms with van der Waals surface area (Å²) in [6.45, 7) is 3.64. The van der Waals surface area contributed by atoms with Crippen molar-refractivity contribution in [3.05, 3.63) is 35.0 Å². The number of benzene rings is 1. The van der Waals surface area contributed by atoms with Crippen LogP contribution in [0.3, 0.4) is 0 Å². The van der Waals surface area contributed by atoms with Gasteiger partial charge in [-0.15, -0.1) is 11.3 Å². The zero-order valence-electron chi connectivity index (χ0n) is 14.8. The molecule has 1 aromatic carbocycles. The number of hydrogen-bond donors (Lipinski definition) is 3.